The lowest BCUT2D eigenvalue weighted by atomic mass is 10.3. The third kappa shape index (κ3) is 4.98. The number of thiophene rings is 1. The molecule has 1 amide bonds. The zero-order valence-electron chi connectivity index (χ0n) is 9.33. The van der Waals surface area contributed by atoms with Crippen molar-refractivity contribution in [1.82, 2.24) is 5.32 Å². The number of aliphatic hydroxyl groups excluding tert-OH is 1. The topological polar surface area (TPSA) is 49.3 Å². The summed E-state index contributed by atoms with van der Waals surface area (Å²) in [5.41, 5.74) is 0.544. The summed E-state index contributed by atoms with van der Waals surface area (Å²) in [5, 5.41) is 12.9. The largest absolute Gasteiger partial charge is 0.395 e. The molecule has 5 heteroatoms. The lowest BCUT2D eigenvalue weighted by Crippen LogP contribution is -2.24. The van der Waals surface area contributed by atoms with Crippen LogP contribution < -0.4 is 5.32 Å². The standard InChI is InChI=1S/C12H14FNO2S/c13-5-3-6-14-12(16)10-8-11(17-9-10)4-1-2-7-15/h8-9,15H,2-3,5-7H2,(H,14,16). The average Bonchev–Trinajstić information content (AvgIpc) is 2.78. The van der Waals surface area contributed by atoms with Crippen molar-refractivity contribution in [1.29, 1.82) is 0 Å². The SMILES string of the molecule is O=C(NCCCF)c1csc(C#CCCO)c1. The Bertz CT molecular complexity index is 420. The van der Waals surface area contributed by atoms with E-state index in [1.165, 1.54) is 11.3 Å². The van der Waals surface area contributed by atoms with Crippen LogP contribution in [0.5, 0.6) is 0 Å². The minimum absolute atomic E-state index is 0.0367. The molecule has 1 heterocycles. The minimum Gasteiger partial charge on any atom is -0.395 e. The highest BCUT2D eigenvalue weighted by atomic mass is 32.1. The van der Waals surface area contributed by atoms with Crippen LogP contribution in [0, 0.1) is 11.8 Å². The number of amides is 1. The predicted octanol–water partition coefficient (Wildman–Crippen LogP) is 1.57. The summed E-state index contributed by atoms with van der Waals surface area (Å²) in [7, 11) is 0. The summed E-state index contributed by atoms with van der Waals surface area (Å²) in [4.78, 5) is 12.3. The van der Waals surface area contributed by atoms with Crippen molar-refractivity contribution in [2.45, 2.75) is 12.8 Å². The summed E-state index contributed by atoms with van der Waals surface area (Å²) in [6, 6.07) is 1.69. The maximum atomic E-state index is 11.8. The Morgan fingerprint density at radius 2 is 2.41 bits per heavy atom. The van der Waals surface area contributed by atoms with Gasteiger partial charge in [-0.05, 0) is 12.5 Å². The van der Waals surface area contributed by atoms with E-state index in [0.717, 1.165) is 4.88 Å². The van der Waals surface area contributed by atoms with Gasteiger partial charge < -0.3 is 10.4 Å². The van der Waals surface area contributed by atoms with Gasteiger partial charge in [0.2, 0.25) is 0 Å². The Kier molecular flexibility index (Phi) is 6.30. The van der Waals surface area contributed by atoms with Crippen LogP contribution in [0.15, 0.2) is 11.4 Å². The maximum Gasteiger partial charge on any atom is 0.252 e. The van der Waals surface area contributed by atoms with Gasteiger partial charge in [-0.1, -0.05) is 11.8 Å². The van der Waals surface area contributed by atoms with Gasteiger partial charge in [0.25, 0.3) is 5.91 Å². The minimum atomic E-state index is -0.429. The number of rotatable bonds is 5. The van der Waals surface area contributed by atoms with E-state index < -0.39 is 6.67 Å². The second-order valence-corrected chi connectivity index (χ2v) is 4.18. The van der Waals surface area contributed by atoms with E-state index >= 15 is 0 Å². The molecule has 0 aliphatic heterocycles. The van der Waals surface area contributed by atoms with Crippen LogP contribution in [0.4, 0.5) is 4.39 Å². The number of alkyl halides is 1. The highest BCUT2D eigenvalue weighted by molar-refractivity contribution is 7.10. The van der Waals surface area contributed by atoms with Crippen LogP contribution in [0.2, 0.25) is 0 Å². The number of aliphatic hydroxyl groups is 1. The van der Waals surface area contributed by atoms with Gasteiger partial charge in [-0.25, -0.2) is 0 Å². The zero-order chi connectivity index (χ0) is 12.5. The second-order valence-electron chi connectivity index (χ2n) is 3.27. The number of nitrogens with one attached hydrogen (secondary N) is 1. The van der Waals surface area contributed by atoms with E-state index in [4.69, 9.17) is 5.11 Å². The van der Waals surface area contributed by atoms with Gasteiger partial charge in [-0.2, -0.15) is 0 Å². The molecule has 0 saturated carbocycles. The van der Waals surface area contributed by atoms with Crippen LogP contribution in [-0.4, -0.2) is 30.8 Å². The molecule has 0 aromatic carbocycles. The Morgan fingerprint density at radius 1 is 1.59 bits per heavy atom. The summed E-state index contributed by atoms with van der Waals surface area (Å²) < 4.78 is 11.8. The van der Waals surface area contributed by atoms with Gasteiger partial charge >= 0.3 is 0 Å². The van der Waals surface area contributed by atoms with Gasteiger partial charge in [0.05, 0.1) is 23.7 Å². The first-order valence-electron chi connectivity index (χ1n) is 5.30. The number of halogens is 1. The first-order chi connectivity index (χ1) is 8.27. The van der Waals surface area contributed by atoms with Gasteiger partial charge in [0.15, 0.2) is 0 Å². The Morgan fingerprint density at radius 3 is 3.12 bits per heavy atom. The van der Waals surface area contributed by atoms with E-state index in [2.05, 4.69) is 17.2 Å². The summed E-state index contributed by atoms with van der Waals surface area (Å²) in [6.45, 7) is -0.0482. The number of hydrogen-bond acceptors (Lipinski definition) is 3. The van der Waals surface area contributed by atoms with Crippen molar-refractivity contribution in [2.24, 2.45) is 0 Å². The highest BCUT2D eigenvalue weighted by Gasteiger charge is 2.06. The lowest BCUT2D eigenvalue weighted by molar-refractivity contribution is 0.0953. The molecule has 92 valence electrons. The fourth-order valence-corrected chi connectivity index (χ4v) is 1.85. The molecule has 2 N–H and O–H groups in total. The first kappa shape index (κ1) is 13.7. The molecule has 3 nitrogen and oxygen atoms in total. The van der Waals surface area contributed by atoms with Gasteiger partial charge in [0.1, 0.15) is 0 Å². The Labute approximate surface area is 104 Å². The number of carbonyl (C=O) groups is 1. The highest BCUT2D eigenvalue weighted by Crippen LogP contribution is 2.13. The molecular formula is C12H14FNO2S. The Hall–Kier alpha value is -1.38. The maximum absolute atomic E-state index is 11.8. The number of carbonyl (C=O) groups excluding carboxylic acids is 1. The van der Waals surface area contributed by atoms with E-state index in [1.54, 1.807) is 11.4 Å². The van der Waals surface area contributed by atoms with Crippen LogP contribution in [0.1, 0.15) is 28.1 Å². The molecular weight excluding hydrogens is 241 g/mol. The molecule has 1 aromatic rings. The summed E-state index contributed by atoms with van der Waals surface area (Å²) in [5.74, 6) is 5.44. The predicted molar refractivity (Wildman–Crippen MR) is 65.8 cm³/mol. The molecule has 0 fully saturated rings. The van der Waals surface area contributed by atoms with Crippen LogP contribution >= 0.6 is 11.3 Å². The van der Waals surface area contributed by atoms with Crippen molar-refractivity contribution < 1.29 is 14.3 Å². The van der Waals surface area contributed by atoms with Crippen LogP contribution in [-0.2, 0) is 0 Å². The van der Waals surface area contributed by atoms with E-state index in [9.17, 15) is 9.18 Å². The fourth-order valence-electron chi connectivity index (χ4n) is 1.10. The molecule has 1 rings (SSSR count). The third-order valence-corrected chi connectivity index (χ3v) is 2.75. The van der Waals surface area contributed by atoms with E-state index in [1.807, 2.05) is 0 Å². The fraction of sp³-hybridized carbons (Fsp3) is 0.417. The van der Waals surface area contributed by atoms with Gasteiger partial charge in [0, 0.05) is 18.3 Å². The normalized spacial score (nSPS) is 9.53. The van der Waals surface area contributed by atoms with Crippen molar-refractivity contribution in [3.8, 4) is 11.8 Å². The first-order valence-corrected chi connectivity index (χ1v) is 6.18. The van der Waals surface area contributed by atoms with Crippen molar-refractivity contribution in [3.05, 3.63) is 21.9 Å². The summed E-state index contributed by atoms with van der Waals surface area (Å²) >= 11 is 1.38. The number of hydrogen-bond donors (Lipinski definition) is 2. The lowest BCUT2D eigenvalue weighted by Gasteiger charge is -2.00. The quantitative estimate of drug-likeness (QED) is 0.620. The molecule has 0 aliphatic rings. The molecule has 0 bridgehead atoms. The summed E-state index contributed by atoms with van der Waals surface area (Å²) in [6.07, 6.45) is 0.759. The van der Waals surface area contributed by atoms with Gasteiger partial charge in [-0.3, -0.25) is 9.18 Å². The zero-order valence-corrected chi connectivity index (χ0v) is 10.1. The molecule has 0 aliphatic carbocycles. The molecule has 0 unspecified atom stereocenters. The average molecular weight is 255 g/mol. The molecule has 17 heavy (non-hydrogen) atoms. The van der Waals surface area contributed by atoms with Crippen molar-refractivity contribution in [3.63, 3.8) is 0 Å². The van der Waals surface area contributed by atoms with Crippen molar-refractivity contribution in [2.75, 3.05) is 19.8 Å². The Balaban J connectivity index is 2.50. The van der Waals surface area contributed by atoms with E-state index in [-0.39, 0.29) is 12.5 Å². The molecule has 0 radical (unpaired) electrons. The smallest absolute Gasteiger partial charge is 0.252 e. The van der Waals surface area contributed by atoms with Gasteiger partial charge in [-0.15, -0.1) is 11.3 Å². The molecule has 1 aromatic heterocycles. The molecule has 0 atom stereocenters. The van der Waals surface area contributed by atoms with E-state index in [0.29, 0.717) is 24.9 Å². The second kappa shape index (κ2) is 7.82. The molecule has 0 saturated heterocycles. The van der Waals surface area contributed by atoms with Crippen LogP contribution in [0.25, 0.3) is 0 Å². The van der Waals surface area contributed by atoms with Crippen LogP contribution in [0.3, 0.4) is 0 Å². The monoisotopic (exact) mass is 255 g/mol. The third-order valence-electron chi connectivity index (χ3n) is 1.91. The molecule has 0 spiro atoms. The van der Waals surface area contributed by atoms with Crippen molar-refractivity contribution >= 4 is 17.2 Å².